The van der Waals surface area contributed by atoms with E-state index in [0.29, 0.717) is 49.1 Å². The Labute approximate surface area is 387 Å². The van der Waals surface area contributed by atoms with Gasteiger partial charge in [-0.2, -0.15) is 4.98 Å². The monoisotopic (exact) mass is 885 g/mol. The zero-order chi connectivity index (χ0) is 45.6. The Morgan fingerprint density at radius 1 is 0.484 bits per heavy atom. The van der Waals surface area contributed by atoms with E-state index in [1.165, 1.54) is 154 Å². The van der Waals surface area contributed by atoms with Crippen LogP contribution in [0, 0.1) is 13.8 Å². The summed E-state index contributed by atoms with van der Waals surface area (Å²) in [5, 5.41) is 0. The first-order valence-electron chi connectivity index (χ1n) is 26.3. The molecule has 0 fully saturated rings. The van der Waals surface area contributed by atoms with Crippen molar-refractivity contribution in [3.05, 3.63) is 61.8 Å². The van der Waals surface area contributed by atoms with Crippen molar-refractivity contribution in [2.75, 3.05) is 19.8 Å². The third-order valence-corrected chi connectivity index (χ3v) is 12.9. The molecule has 2 aliphatic heterocycles. The predicted octanol–water partition coefficient (Wildman–Crippen LogP) is 15.1. The molecule has 9 nitrogen and oxygen atoms in total. The molecular weight excluding hydrogens is 797 g/mol. The lowest BCUT2D eigenvalue weighted by molar-refractivity contribution is 0.233. The Morgan fingerprint density at radius 3 is 1.31 bits per heavy atom. The number of H-pyrrole nitrogens is 1. The van der Waals surface area contributed by atoms with Gasteiger partial charge in [-0.25, -0.2) is 9.78 Å². The van der Waals surface area contributed by atoms with Gasteiger partial charge >= 0.3 is 5.69 Å². The molecular formula is C55H88N4O5. The maximum atomic E-state index is 13.1. The van der Waals surface area contributed by atoms with E-state index in [9.17, 15) is 9.59 Å². The average Bonchev–Trinajstić information content (AvgIpc) is 3.28. The van der Waals surface area contributed by atoms with Crippen LogP contribution in [0.25, 0.3) is 22.6 Å². The fourth-order valence-electron chi connectivity index (χ4n) is 8.78. The SMILES string of the molecule is CCCCCCCCCCCCOc1cc(Cn2c3nc(=O)[nH]c(=O)c-3nc3cc(C)c(C)cc32)cc(OCCCCCCCCCCCC)c1OCCCCCCCCCCCC. The molecule has 0 saturated carbocycles. The van der Waals surface area contributed by atoms with Crippen LogP contribution in [0.15, 0.2) is 33.9 Å². The second kappa shape index (κ2) is 31.9. The Bertz CT molecular complexity index is 1910. The van der Waals surface area contributed by atoms with E-state index >= 15 is 0 Å². The number of benzene rings is 2. The Hall–Kier alpha value is -3.88. The van der Waals surface area contributed by atoms with Crippen LogP contribution in [0.3, 0.4) is 0 Å². The van der Waals surface area contributed by atoms with Gasteiger partial charge in [0.25, 0.3) is 5.56 Å². The molecule has 0 unspecified atom stereocenters. The third kappa shape index (κ3) is 19.3. The summed E-state index contributed by atoms with van der Waals surface area (Å²) < 4.78 is 22.0. The molecule has 0 bridgehead atoms. The van der Waals surface area contributed by atoms with Crippen molar-refractivity contribution >= 4 is 11.0 Å². The number of hydrogen-bond donors (Lipinski definition) is 1. The number of unbranched alkanes of at least 4 members (excludes halogenated alkanes) is 27. The van der Waals surface area contributed by atoms with Gasteiger partial charge in [0.1, 0.15) is 0 Å². The minimum atomic E-state index is -0.687. The van der Waals surface area contributed by atoms with E-state index in [4.69, 9.17) is 19.2 Å². The number of aryl methyl sites for hydroxylation is 2. The summed E-state index contributed by atoms with van der Waals surface area (Å²) in [5.74, 6) is 2.30. The van der Waals surface area contributed by atoms with E-state index in [0.717, 1.165) is 60.7 Å². The van der Waals surface area contributed by atoms with Crippen LogP contribution in [-0.2, 0) is 6.54 Å². The highest BCUT2D eigenvalue weighted by atomic mass is 16.5. The van der Waals surface area contributed by atoms with E-state index in [1.807, 2.05) is 17.6 Å². The Balaban J connectivity index is 1.55. The molecule has 0 saturated heterocycles. The zero-order valence-electron chi connectivity index (χ0n) is 41.2. The van der Waals surface area contributed by atoms with Crippen molar-refractivity contribution in [3.8, 4) is 28.8 Å². The predicted molar refractivity (Wildman–Crippen MR) is 268 cm³/mol. The highest BCUT2D eigenvalue weighted by molar-refractivity contribution is 5.81. The second-order valence-corrected chi connectivity index (χ2v) is 18.7. The first-order valence-corrected chi connectivity index (χ1v) is 26.3. The molecule has 1 N–H and O–H groups in total. The fourth-order valence-corrected chi connectivity index (χ4v) is 8.78. The minimum Gasteiger partial charge on any atom is -0.490 e. The smallest absolute Gasteiger partial charge is 0.349 e. The molecule has 0 amide bonds. The summed E-state index contributed by atoms with van der Waals surface area (Å²) >= 11 is 0. The standard InChI is InChI=1S/C55H88N4O5/c1-6-9-12-15-18-21-24-27-30-33-36-62-49-41-46(43-59-48-40-45(5)44(4)39-47(48)56-51-53(59)57-55(61)58-54(51)60)42-50(63-37-34-31-28-25-22-19-16-13-10-7-2)52(49)64-38-35-32-29-26-23-20-17-14-11-8-3/h39-42H,6-38,43H2,1-5H3,(H,58,60,61). The summed E-state index contributed by atoms with van der Waals surface area (Å²) in [4.78, 5) is 37.1. The molecule has 0 aromatic heterocycles. The van der Waals surface area contributed by atoms with Gasteiger partial charge in [-0.15, -0.1) is 0 Å². The van der Waals surface area contributed by atoms with Gasteiger partial charge in [0.15, 0.2) is 23.0 Å². The molecule has 2 aromatic carbocycles. The van der Waals surface area contributed by atoms with Crippen molar-refractivity contribution in [2.24, 2.45) is 0 Å². The zero-order valence-corrected chi connectivity index (χ0v) is 41.2. The van der Waals surface area contributed by atoms with Crippen LogP contribution in [0.2, 0.25) is 0 Å². The van der Waals surface area contributed by atoms with Crippen molar-refractivity contribution in [1.82, 2.24) is 19.5 Å². The summed E-state index contributed by atoms with van der Waals surface area (Å²) in [6.45, 7) is 13.0. The molecule has 2 aliphatic rings. The quantitative estimate of drug-likeness (QED) is 0.0353. The van der Waals surface area contributed by atoms with Gasteiger partial charge in [-0.3, -0.25) is 9.78 Å². The number of nitrogens with one attached hydrogen (secondary N) is 1. The van der Waals surface area contributed by atoms with Crippen LogP contribution < -0.4 is 25.5 Å². The maximum Gasteiger partial charge on any atom is 0.349 e. The van der Waals surface area contributed by atoms with Gasteiger partial charge < -0.3 is 18.8 Å². The average molecular weight is 885 g/mol. The molecule has 0 spiro atoms. The molecule has 0 radical (unpaired) electrons. The van der Waals surface area contributed by atoms with Crippen molar-refractivity contribution in [1.29, 1.82) is 0 Å². The van der Waals surface area contributed by atoms with Crippen LogP contribution in [0.4, 0.5) is 0 Å². The van der Waals surface area contributed by atoms with Crippen molar-refractivity contribution in [2.45, 2.75) is 234 Å². The summed E-state index contributed by atoms with van der Waals surface area (Å²) in [6.07, 6.45) is 37.9. The fraction of sp³-hybridized carbons (Fsp3) is 0.709. The van der Waals surface area contributed by atoms with Crippen LogP contribution in [0.5, 0.6) is 17.2 Å². The molecule has 4 rings (SSSR count). The first-order chi connectivity index (χ1) is 31.4. The van der Waals surface area contributed by atoms with E-state index < -0.39 is 11.2 Å². The third-order valence-electron chi connectivity index (χ3n) is 12.9. The first kappa shape index (κ1) is 52.7. The Kier molecular flexibility index (Phi) is 26.3. The molecule has 64 heavy (non-hydrogen) atoms. The number of nitrogens with zero attached hydrogens (tertiary/aromatic N) is 3. The number of aromatic nitrogens is 4. The highest BCUT2D eigenvalue weighted by Crippen LogP contribution is 2.40. The van der Waals surface area contributed by atoms with Gasteiger partial charge in [-0.05, 0) is 74.1 Å². The number of hydrogen-bond acceptors (Lipinski definition) is 7. The van der Waals surface area contributed by atoms with Gasteiger partial charge in [0.2, 0.25) is 5.75 Å². The summed E-state index contributed by atoms with van der Waals surface area (Å²) in [7, 11) is 0. The topological polar surface area (TPSA) is 108 Å². The molecule has 2 aromatic rings. The lowest BCUT2D eigenvalue weighted by atomic mass is 10.1. The van der Waals surface area contributed by atoms with Crippen LogP contribution >= 0.6 is 0 Å². The number of ether oxygens (including phenoxy) is 3. The largest absolute Gasteiger partial charge is 0.490 e. The molecule has 2 heterocycles. The lowest BCUT2D eigenvalue weighted by Gasteiger charge is -2.21. The van der Waals surface area contributed by atoms with Gasteiger partial charge in [0.05, 0.1) is 37.4 Å². The van der Waals surface area contributed by atoms with Crippen LogP contribution in [0.1, 0.15) is 230 Å². The molecule has 0 atom stereocenters. The van der Waals surface area contributed by atoms with Gasteiger partial charge in [-0.1, -0.05) is 194 Å². The highest BCUT2D eigenvalue weighted by Gasteiger charge is 2.22. The van der Waals surface area contributed by atoms with Crippen molar-refractivity contribution < 1.29 is 14.2 Å². The second-order valence-electron chi connectivity index (χ2n) is 18.7. The number of aromatic amines is 1. The van der Waals surface area contributed by atoms with Gasteiger partial charge in [0, 0.05) is 0 Å². The molecule has 9 heteroatoms. The minimum absolute atomic E-state index is 0.140. The maximum absolute atomic E-state index is 13.1. The van der Waals surface area contributed by atoms with E-state index in [-0.39, 0.29) is 11.5 Å². The number of fused-ring (bicyclic) bond motifs is 2. The van der Waals surface area contributed by atoms with Crippen molar-refractivity contribution in [3.63, 3.8) is 0 Å². The lowest BCUT2D eigenvalue weighted by Crippen LogP contribution is -2.29. The molecule has 358 valence electrons. The van der Waals surface area contributed by atoms with E-state index in [1.54, 1.807) is 0 Å². The van der Waals surface area contributed by atoms with E-state index in [2.05, 4.69) is 55.9 Å². The normalized spacial score (nSPS) is 11.6. The number of rotatable bonds is 38. The summed E-state index contributed by atoms with van der Waals surface area (Å²) in [5.41, 5.74) is 3.46. The summed E-state index contributed by atoms with van der Waals surface area (Å²) in [6, 6.07) is 8.20. The molecule has 0 aliphatic carbocycles. The van der Waals surface area contributed by atoms with Crippen LogP contribution in [-0.4, -0.2) is 39.3 Å². The Morgan fingerprint density at radius 2 is 0.875 bits per heavy atom.